The van der Waals surface area contributed by atoms with Gasteiger partial charge in [0.15, 0.2) is 5.17 Å². The van der Waals surface area contributed by atoms with Gasteiger partial charge in [0.2, 0.25) is 17.7 Å². The summed E-state index contributed by atoms with van der Waals surface area (Å²) in [6.45, 7) is 0.782. The first-order valence-electron chi connectivity index (χ1n) is 14.4. The van der Waals surface area contributed by atoms with Crippen LogP contribution < -0.4 is 5.32 Å². The van der Waals surface area contributed by atoms with Gasteiger partial charge >= 0.3 is 0 Å². The highest BCUT2D eigenvalue weighted by molar-refractivity contribution is 8.15. The number of nitrogens with zero attached hydrogens (tertiary/aromatic N) is 4. The normalized spacial score (nSPS) is 19.0. The number of halogens is 1. The number of anilines is 1. The number of rotatable bonds is 8. The van der Waals surface area contributed by atoms with E-state index in [0.29, 0.717) is 35.2 Å². The van der Waals surface area contributed by atoms with Gasteiger partial charge in [0, 0.05) is 18.4 Å². The third-order valence-electron chi connectivity index (χ3n) is 7.58. The van der Waals surface area contributed by atoms with E-state index in [-0.39, 0.29) is 30.7 Å². The molecule has 0 aliphatic carbocycles. The Balaban J connectivity index is 1.15. The van der Waals surface area contributed by atoms with E-state index in [0.717, 1.165) is 17.5 Å². The van der Waals surface area contributed by atoms with E-state index in [4.69, 9.17) is 0 Å². The van der Waals surface area contributed by atoms with Gasteiger partial charge in [0.1, 0.15) is 17.1 Å². The fourth-order valence-electron chi connectivity index (χ4n) is 5.38. The van der Waals surface area contributed by atoms with Gasteiger partial charge in [0.25, 0.3) is 0 Å². The molecule has 2 aliphatic rings. The molecule has 2 saturated heterocycles. The molecule has 2 aliphatic heterocycles. The fraction of sp³-hybridized carbons (Fsp3) is 0.206. The molecule has 0 saturated carbocycles. The fourth-order valence-corrected chi connectivity index (χ4v) is 6.56. The minimum atomic E-state index is -0.572. The van der Waals surface area contributed by atoms with Crippen LogP contribution in [-0.2, 0) is 27.3 Å². The van der Waals surface area contributed by atoms with Crippen LogP contribution >= 0.6 is 11.8 Å². The van der Waals surface area contributed by atoms with Crippen LogP contribution in [0.5, 0.6) is 0 Å². The zero-order valence-electron chi connectivity index (χ0n) is 23.8. The Morgan fingerprint density at radius 3 is 2.52 bits per heavy atom. The number of hydrogen-bond acceptors (Lipinski definition) is 6. The number of pyridine rings is 1. The average molecular weight is 608 g/mol. The minimum Gasteiger partial charge on any atom is -0.330 e. The lowest BCUT2D eigenvalue weighted by Crippen LogP contribution is -2.43. The lowest BCUT2D eigenvalue weighted by atomic mass is 10.1. The SMILES string of the molecule is O=C(Nc1ccc(C2SC(=Nc3cccc(F)c3)N(Cc3ccccn3)C2=O)cc1)[C@@H]1CCCN1C(=O)Cc1ccccc1. The first kappa shape index (κ1) is 29.3. The molecule has 1 N–H and O–H groups in total. The van der Waals surface area contributed by atoms with Crippen LogP contribution in [0.15, 0.2) is 108 Å². The van der Waals surface area contributed by atoms with E-state index in [1.165, 1.54) is 23.9 Å². The van der Waals surface area contributed by atoms with E-state index in [9.17, 15) is 18.8 Å². The molecule has 222 valence electrons. The molecule has 2 atom stereocenters. The molecule has 44 heavy (non-hydrogen) atoms. The average Bonchev–Trinajstić information content (AvgIpc) is 3.64. The van der Waals surface area contributed by atoms with Crippen molar-refractivity contribution in [2.24, 2.45) is 4.99 Å². The van der Waals surface area contributed by atoms with Crippen molar-refractivity contribution < 1.29 is 18.8 Å². The third kappa shape index (κ3) is 6.70. The topological polar surface area (TPSA) is 95.0 Å². The lowest BCUT2D eigenvalue weighted by Gasteiger charge is -2.24. The summed E-state index contributed by atoms with van der Waals surface area (Å²) in [4.78, 5) is 52.0. The molecule has 3 amide bonds. The first-order valence-corrected chi connectivity index (χ1v) is 15.3. The molecule has 4 aromatic rings. The number of carbonyl (C=O) groups excluding carboxylic acids is 3. The summed E-state index contributed by atoms with van der Waals surface area (Å²) in [7, 11) is 0. The van der Waals surface area contributed by atoms with E-state index < -0.39 is 17.1 Å². The monoisotopic (exact) mass is 607 g/mol. The second-order valence-corrected chi connectivity index (χ2v) is 11.7. The van der Waals surface area contributed by atoms with Crippen molar-refractivity contribution in [3.05, 3.63) is 126 Å². The Morgan fingerprint density at radius 1 is 0.977 bits per heavy atom. The van der Waals surface area contributed by atoms with Crippen LogP contribution in [0.2, 0.25) is 0 Å². The maximum Gasteiger partial charge on any atom is 0.247 e. The molecule has 0 bridgehead atoms. The summed E-state index contributed by atoms with van der Waals surface area (Å²) >= 11 is 1.29. The Labute approximate surface area is 259 Å². The van der Waals surface area contributed by atoms with Gasteiger partial charge in [-0.15, -0.1) is 0 Å². The van der Waals surface area contributed by atoms with Gasteiger partial charge in [-0.3, -0.25) is 24.3 Å². The molecule has 6 rings (SSSR count). The van der Waals surface area contributed by atoms with Crippen LogP contribution in [0.4, 0.5) is 15.8 Å². The summed E-state index contributed by atoms with van der Waals surface area (Å²) in [6, 6.07) is 27.6. The number of thioether (sulfide) groups is 1. The van der Waals surface area contributed by atoms with Gasteiger partial charge < -0.3 is 10.2 Å². The Bertz CT molecular complexity index is 1680. The lowest BCUT2D eigenvalue weighted by molar-refractivity contribution is -0.136. The summed E-state index contributed by atoms with van der Waals surface area (Å²) in [6.07, 6.45) is 3.30. The number of amidine groups is 1. The third-order valence-corrected chi connectivity index (χ3v) is 8.81. The highest BCUT2D eigenvalue weighted by atomic mass is 32.2. The summed E-state index contributed by atoms with van der Waals surface area (Å²) in [5.41, 5.74) is 3.36. The molecule has 0 radical (unpaired) electrons. The first-order chi connectivity index (χ1) is 21.4. The molecule has 1 aromatic heterocycles. The smallest absolute Gasteiger partial charge is 0.247 e. The van der Waals surface area contributed by atoms with Gasteiger partial charge in [-0.1, -0.05) is 66.4 Å². The van der Waals surface area contributed by atoms with Crippen molar-refractivity contribution in [2.45, 2.75) is 37.1 Å². The van der Waals surface area contributed by atoms with Crippen molar-refractivity contribution in [3.63, 3.8) is 0 Å². The molecule has 3 heterocycles. The van der Waals surface area contributed by atoms with E-state index in [2.05, 4.69) is 15.3 Å². The highest BCUT2D eigenvalue weighted by Crippen LogP contribution is 2.41. The molecule has 3 aromatic carbocycles. The number of nitrogens with one attached hydrogen (secondary N) is 1. The minimum absolute atomic E-state index is 0.0630. The maximum atomic E-state index is 13.9. The number of carbonyl (C=O) groups is 3. The quantitative estimate of drug-likeness (QED) is 0.269. The Hall–Kier alpha value is -4.83. The number of aliphatic imine (C=N–C) groups is 1. The molecular weight excluding hydrogens is 577 g/mol. The molecule has 1 unspecified atom stereocenters. The van der Waals surface area contributed by atoms with Crippen molar-refractivity contribution in [1.29, 1.82) is 0 Å². The van der Waals surface area contributed by atoms with Crippen LogP contribution in [0.3, 0.4) is 0 Å². The van der Waals surface area contributed by atoms with Crippen molar-refractivity contribution in [3.8, 4) is 0 Å². The highest BCUT2D eigenvalue weighted by Gasteiger charge is 2.39. The van der Waals surface area contributed by atoms with Crippen LogP contribution in [0.25, 0.3) is 0 Å². The Kier molecular flexibility index (Phi) is 8.79. The predicted molar refractivity (Wildman–Crippen MR) is 169 cm³/mol. The van der Waals surface area contributed by atoms with Crippen molar-refractivity contribution >= 4 is 46.0 Å². The van der Waals surface area contributed by atoms with Crippen LogP contribution in [0, 0.1) is 5.82 Å². The van der Waals surface area contributed by atoms with E-state index >= 15 is 0 Å². The van der Waals surface area contributed by atoms with Gasteiger partial charge in [-0.25, -0.2) is 9.38 Å². The molecule has 2 fully saturated rings. The Morgan fingerprint density at radius 2 is 1.77 bits per heavy atom. The van der Waals surface area contributed by atoms with Gasteiger partial charge in [-0.05, 0) is 66.4 Å². The van der Waals surface area contributed by atoms with Crippen LogP contribution in [-0.4, -0.2) is 50.3 Å². The molecular formula is C34H30FN5O3S. The van der Waals surface area contributed by atoms with Gasteiger partial charge in [-0.2, -0.15) is 0 Å². The predicted octanol–water partition coefficient (Wildman–Crippen LogP) is 5.90. The summed E-state index contributed by atoms with van der Waals surface area (Å²) < 4.78 is 13.9. The van der Waals surface area contributed by atoms with Crippen LogP contribution in [0.1, 0.15) is 34.9 Å². The zero-order chi connectivity index (χ0) is 30.5. The van der Waals surface area contributed by atoms with Crippen molar-refractivity contribution in [2.75, 3.05) is 11.9 Å². The number of amides is 3. The summed E-state index contributed by atoms with van der Waals surface area (Å²) in [5, 5.41) is 2.83. The number of aromatic nitrogens is 1. The van der Waals surface area contributed by atoms with Crippen molar-refractivity contribution in [1.82, 2.24) is 14.8 Å². The molecule has 0 spiro atoms. The van der Waals surface area contributed by atoms with E-state index in [1.54, 1.807) is 40.3 Å². The maximum absolute atomic E-state index is 13.9. The zero-order valence-corrected chi connectivity index (χ0v) is 24.6. The number of likely N-dealkylation sites (tertiary alicyclic amines) is 1. The van der Waals surface area contributed by atoms with Gasteiger partial charge in [0.05, 0.1) is 24.3 Å². The largest absolute Gasteiger partial charge is 0.330 e. The van der Waals surface area contributed by atoms with E-state index in [1.807, 2.05) is 60.7 Å². The standard InChI is InChI=1S/C34H30FN5O3S/c35-25-10-6-12-27(21-25)38-34-40(22-28-11-4-5-18-36-28)33(43)31(44-34)24-14-16-26(17-15-24)37-32(42)29-13-7-19-39(29)30(41)20-23-8-2-1-3-9-23/h1-6,8-12,14-18,21,29,31H,7,13,19-20,22H2,(H,37,42)/t29-,31?/m0/s1. The second-order valence-electron chi connectivity index (χ2n) is 10.6. The number of hydrogen-bond donors (Lipinski definition) is 1. The molecule has 10 heteroatoms. The second kappa shape index (κ2) is 13.2. The number of benzene rings is 3. The summed E-state index contributed by atoms with van der Waals surface area (Å²) in [5.74, 6) is -0.861. The molecule has 8 nitrogen and oxygen atoms in total.